The van der Waals surface area contributed by atoms with Gasteiger partial charge >= 0.3 is 47.8 Å². The van der Waals surface area contributed by atoms with Crippen molar-refractivity contribution in [2.24, 2.45) is 0 Å². The molecule has 0 aliphatic heterocycles. The van der Waals surface area contributed by atoms with Gasteiger partial charge in [0.1, 0.15) is 35.8 Å². The molecule has 0 aromatic heterocycles. The maximum absolute atomic E-state index is 12.5. The van der Waals surface area contributed by atoms with Crippen molar-refractivity contribution in [2.75, 3.05) is 52.9 Å². The molecule has 0 saturated carbocycles. The Morgan fingerprint density at radius 3 is 1.15 bits per heavy atom. The zero-order valence-electron chi connectivity index (χ0n) is 31.8. The van der Waals surface area contributed by atoms with E-state index in [9.17, 15) is 58.6 Å². The van der Waals surface area contributed by atoms with Crippen molar-refractivity contribution in [1.29, 1.82) is 0 Å². The van der Waals surface area contributed by atoms with Gasteiger partial charge in [-0.2, -0.15) is 0 Å². The molecule has 0 saturated heterocycles. The van der Waals surface area contributed by atoms with Gasteiger partial charge in [-0.25, -0.2) is 28.8 Å². The van der Waals surface area contributed by atoms with E-state index in [4.69, 9.17) is 28.4 Å². The Hall–Kier alpha value is -7.40. The maximum Gasteiger partial charge on any atom is 0.344 e. The van der Waals surface area contributed by atoms with Crippen LogP contribution in [0.5, 0.6) is 11.5 Å². The fraction of sp³-hybridized carbons (Fsp3) is 0.444. The van der Waals surface area contributed by atoms with Gasteiger partial charge in [-0.1, -0.05) is 37.1 Å². The number of nitrogens with zero attached hydrogens (tertiary/aromatic N) is 2. The summed E-state index contributed by atoms with van der Waals surface area (Å²) in [6, 6.07) is 11.1. The van der Waals surface area contributed by atoms with Crippen LogP contribution in [0.15, 0.2) is 48.5 Å². The Bertz CT molecular complexity index is 1680. The fourth-order valence-electron chi connectivity index (χ4n) is 4.33. The van der Waals surface area contributed by atoms with E-state index in [1.807, 2.05) is 0 Å². The number of carbonyl (C=O) groups excluding carboxylic acids is 8. The molecule has 24 nitrogen and oxygen atoms in total. The lowest BCUT2D eigenvalue weighted by Gasteiger charge is -2.10. The molecule has 60 heavy (non-hydrogen) atoms. The number of carbonyl (C=O) groups is 8. The van der Waals surface area contributed by atoms with Crippen molar-refractivity contribution < 1.29 is 96.1 Å². The first-order valence-electron chi connectivity index (χ1n) is 17.9. The normalized spacial score (nSPS) is 10.2. The van der Waals surface area contributed by atoms with Gasteiger partial charge in [-0.3, -0.25) is 9.59 Å². The first-order chi connectivity index (χ1) is 28.7. The number of esters is 8. The molecular formula is C36H40N2O22. The van der Waals surface area contributed by atoms with Crippen LogP contribution in [0.25, 0.3) is 0 Å². The molecule has 0 heterocycles. The van der Waals surface area contributed by atoms with Crippen LogP contribution in [0.3, 0.4) is 0 Å². The van der Waals surface area contributed by atoms with Crippen molar-refractivity contribution in [3.63, 3.8) is 0 Å². The largest absolute Gasteiger partial charge is 0.460 e. The Morgan fingerprint density at radius 1 is 0.417 bits per heavy atom. The predicted octanol–water partition coefficient (Wildman–Crippen LogP) is 2.22. The van der Waals surface area contributed by atoms with Gasteiger partial charge < -0.3 is 47.6 Å². The average Bonchev–Trinajstić information content (AvgIpc) is 3.21. The van der Waals surface area contributed by atoms with E-state index in [1.165, 1.54) is 48.5 Å². The molecule has 2 rings (SSSR count). The zero-order valence-corrected chi connectivity index (χ0v) is 31.8. The first kappa shape index (κ1) is 48.7. The van der Waals surface area contributed by atoms with Crippen LogP contribution in [-0.4, -0.2) is 111 Å². The van der Waals surface area contributed by atoms with Crippen molar-refractivity contribution >= 4 is 47.8 Å². The predicted molar refractivity (Wildman–Crippen MR) is 191 cm³/mol. The summed E-state index contributed by atoms with van der Waals surface area (Å²) in [4.78, 5) is 126. The number of ether oxygens (including phenoxy) is 8. The summed E-state index contributed by atoms with van der Waals surface area (Å²) >= 11 is 0. The van der Waals surface area contributed by atoms with Crippen LogP contribution >= 0.6 is 0 Å². The highest BCUT2D eigenvalue weighted by atomic mass is 17.0. The molecule has 0 bridgehead atoms. The summed E-state index contributed by atoms with van der Waals surface area (Å²) in [5, 5.41) is 18.4. The second-order valence-corrected chi connectivity index (χ2v) is 11.6. The average molecular weight is 853 g/mol. The first-order valence-corrected chi connectivity index (χ1v) is 17.9. The number of unbranched alkanes of at least 4 members (excludes halogenated alkanes) is 4. The third-order valence-electron chi connectivity index (χ3n) is 7.06. The molecular weight excluding hydrogens is 812 g/mol. The summed E-state index contributed by atoms with van der Waals surface area (Å²) < 4.78 is 39.0. The minimum Gasteiger partial charge on any atom is -0.460 e. The summed E-state index contributed by atoms with van der Waals surface area (Å²) in [6.07, 6.45) is 2.16. The molecule has 0 unspecified atom stereocenters. The minimum atomic E-state index is -1.13. The molecule has 24 heteroatoms. The maximum atomic E-state index is 12.5. The van der Waals surface area contributed by atoms with Crippen LogP contribution in [0.2, 0.25) is 0 Å². The van der Waals surface area contributed by atoms with Crippen molar-refractivity contribution in [3.05, 3.63) is 79.9 Å². The molecule has 0 fully saturated rings. The highest BCUT2D eigenvalue weighted by Gasteiger charge is 2.20. The van der Waals surface area contributed by atoms with Crippen LogP contribution < -0.4 is 9.47 Å². The van der Waals surface area contributed by atoms with E-state index in [0.717, 1.165) is 0 Å². The lowest BCUT2D eigenvalue weighted by atomic mass is 10.2. The Kier molecular flexibility index (Phi) is 22.8. The van der Waals surface area contributed by atoms with Gasteiger partial charge in [-0.15, -0.1) is 20.2 Å². The summed E-state index contributed by atoms with van der Waals surface area (Å²) in [6.45, 7) is -4.84. The molecule has 0 aliphatic rings. The minimum absolute atomic E-state index is 0.0507. The molecule has 0 aliphatic carbocycles. The van der Waals surface area contributed by atoms with E-state index >= 15 is 0 Å². The monoisotopic (exact) mass is 852 g/mol. The van der Waals surface area contributed by atoms with E-state index < -0.39 is 97.6 Å². The van der Waals surface area contributed by atoms with Crippen LogP contribution in [-0.2, 0) is 66.9 Å². The second-order valence-electron chi connectivity index (χ2n) is 11.6. The molecule has 0 radical (unpaired) electrons. The van der Waals surface area contributed by atoms with Gasteiger partial charge in [0.2, 0.25) is 0 Å². The molecule has 0 amide bonds. The van der Waals surface area contributed by atoms with E-state index in [0.29, 0.717) is 38.5 Å². The molecule has 2 aromatic carbocycles. The summed E-state index contributed by atoms with van der Waals surface area (Å²) in [7, 11) is 0. The van der Waals surface area contributed by atoms with Gasteiger partial charge in [0.25, 0.3) is 10.2 Å². The third-order valence-corrected chi connectivity index (χ3v) is 7.06. The van der Waals surface area contributed by atoms with E-state index in [1.54, 1.807) is 0 Å². The fourth-order valence-corrected chi connectivity index (χ4v) is 4.33. The number of benzene rings is 2. The second kappa shape index (κ2) is 28.1. The standard InChI is InChI=1S/C36H40N2O22/c39-29(15-3-1-9-17-57-37(47)48)59-27-13-7-5-11-25(27)35(45)55-23-33(43)53-21-31(41)51-19-20-52-32(42)22-54-34(44)24-56-36(46)26-12-6-8-14-28(26)60-30(40)16-4-2-10-18-58-38(49)50/h5-8,11-14H,1-4,9-10,15-24H2. The SMILES string of the molecule is O=C(COC(=O)COC(=O)c1ccccc1OC(=O)CCCCCO[N+](=O)[O-])OCCOC(=O)COC(=O)COC(=O)c1ccccc1OC(=O)CCCCCO[N+](=O)[O-]. The van der Waals surface area contributed by atoms with Crippen molar-refractivity contribution in [2.45, 2.75) is 51.4 Å². The molecule has 0 spiro atoms. The van der Waals surface area contributed by atoms with Gasteiger partial charge in [0.05, 0.1) is 13.2 Å². The smallest absolute Gasteiger partial charge is 0.344 e. The highest BCUT2D eigenvalue weighted by Crippen LogP contribution is 2.21. The summed E-state index contributed by atoms with van der Waals surface area (Å²) in [5.41, 5.74) is -0.367. The lowest BCUT2D eigenvalue weighted by molar-refractivity contribution is -0.757. The molecule has 2 aromatic rings. The van der Waals surface area contributed by atoms with E-state index in [2.05, 4.69) is 19.1 Å². The molecule has 0 N–H and O–H groups in total. The topological polar surface area (TPSA) is 315 Å². The quantitative estimate of drug-likeness (QED) is 0.0283. The van der Waals surface area contributed by atoms with Crippen LogP contribution in [0.1, 0.15) is 72.1 Å². The third kappa shape index (κ3) is 21.8. The highest BCUT2D eigenvalue weighted by molar-refractivity contribution is 5.95. The summed E-state index contributed by atoms with van der Waals surface area (Å²) in [5.74, 6) is -8.13. The molecule has 326 valence electrons. The number of para-hydroxylation sites is 2. The van der Waals surface area contributed by atoms with E-state index in [-0.39, 0.29) is 48.7 Å². The lowest BCUT2D eigenvalue weighted by Crippen LogP contribution is -2.24. The number of hydrogen-bond donors (Lipinski definition) is 0. The van der Waals surface area contributed by atoms with Crippen LogP contribution in [0, 0.1) is 20.2 Å². The Labute approximate surface area is 339 Å². The van der Waals surface area contributed by atoms with Gasteiger partial charge in [0, 0.05) is 12.8 Å². The van der Waals surface area contributed by atoms with Crippen molar-refractivity contribution in [1.82, 2.24) is 0 Å². The number of rotatable bonds is 29. The van der Waals surface area contributed by atoms with Gasteiger partial charge in [-0.05, 0) is 49.9 Å². The Morgan fingerprint density at radius 2 is 0.767 bits per heavy atom. The number of hydrogen-bond acceptors (Lipinski definition) is 22. The van der Waals surface area contributed by atoms with Gasteiger partial charge in [0.15, 0.2) is 26.4 Å². The Balaban J connectivity index is 1.59. The van der Waals surface area contributed by atoms with Crippen LogP contribution in [0.4, 0.5) is 0 Å². The van der Waals surface area contributed by atoms with Crippen molar-refractivity contribution in [3.8, 4) is 11.5 Å². The molecule has 0 atom stereocenters. The zero-order chi connectivity index (χ0) is 44.1.